The third-order valence-corrected chi connectivity index (χ3v) is 6.59. The SMILES string of the molecule is NC(=O)CN1CC[C@H](CNc2ncnc(N(Cc3cnc(C(F)(F)F)nc3)C3CCC3)c2F)[C@@H](O)C1. The second-order valence-corrected chi connectivity index (χ2v) is 9.18. The third kappa shape index (κ3) is 6.16. The average Bonchev–Trinajstić information content (AvgIpc) is 2.77. The summed E-state index contributed by atoms with van der Waals surface area (Å²) in [5.74, 6) is -2.55. The van der Waals surface area contributed by atoms with Gasteiger partial charge in [-0.15, -0.1) is 0 Å². The van der Waals surface area contributed by atoms with E-state index in [4.69, 9.17) is 5.73 Å². The molecule has 196 valence electrons. The van der Waals surface area contributed by atoms with E-state index in [0.717, 1.165) is 31.7 Å². The van der Waals surface area contributed by atoms with Gasteiger partial charge in [0.25, 0.3) is 0 Å². The summed E-state index contributed by atoms with van der Waals surface area (Å²) in [5.41, 5.74) is 5.61. The zero-order valence-corrected chi connectivity index (χ0v) is 19.5. The number of β-amino-alcohol motifs (C(OH)–C–C–N with tert-alkyl or cyclic N) is 1. The molecule has 14 heteroatoms. The molecule has 36 heavy (non-hydrogen) atoms. The number of anilines is 2. The number of primary amides is 1. The predicted molar refractivity (Wildman–Crippen MR) is 121 cm³/mol. The van der Waals surface area contributed by atoms with Crippen LogP contribution in [0.25, 0.3) is 0 Å². The van der Waals surface area contributed by atoms with E-state index in [9.17, 15) is 23.1 Å². The Bertz CT molecular complexity index is 1050. The molecular formula is C22H28F4N8O2. The number of hydrogen-bond acceptors (Lipinski definition) is 9. The molecule has 1 aliphatic heterocycles. The Hall–Kier alpha value is -3.13. The maximum Gasteiger partial charge on any atom is 0.451 e. The molecule has 4 N–H and O–H groups in total. The highest BCUT2D eigenvalue weighted by Crippen LogP contribution is 2.33. The van der Waals surface area contributed by atoms with Gasteiger partial charge >= 0.3 is 6.18 Å². The molecule has 0 aromatic carbocycles. The Morgan fingerprint density at radius 2 is 1.92 bits per heavy atom. The van der Waals surface area contributed by atoms with Crippen LogP contribution in [0.4, 0.5) is 29.2 Å². The van der Waals surface area contributed by atoms with Crippen LogP contribution in [0.2, 0.25) is 0 Å². The van der Waals surface area contributed by atoms with Crippen molar-refractivity contribution >= 4 is 17.5 Å². The van der Waals surface area contributed by atoms with Gasteiger partial charge in [0.2, 0.25) is 17.5 Å². The molecule has 0 unspecified atom stereocenters. The third-order valence-electron chi connectivity index (χ3n) is 6.59. The minimum Gasteiger partial charge on any atom is -0.391 e. The molecule has 2 atom stereocenters. The number of hydrogen-bond donors (Lipinski definition) is 3. The van der Waals surface area contributed by atoms with Gasteiger partial charge in [0.1, 0.15) is 6.33 Å². The Kier molecular flexibility index (Phi) is 7.83. The van der Waals surface area contributed by atoms with Crippen molar-refractivity contribution in [3.8, 4) is 0 Å². The lowest BCUT2D eigenvalue weighted by molar-refractivity contribution is -0.145. The first-order chi connectivity index (χ1) is 17.1. The van der Waals surface area contributed by atoms with E-state index in [0.29, 0.717) is 18.5 Å². The van der Waals surface area contributed by atoms with E-state index in [1.165, 1.54) is 6.33 Å². The number of rotatable bonds is 9. The van der Waals surface area contributed by atoms with Gasteiger partial charge in [-0.2, -0.15) is 17.6 Å². The summed E-state index contributed by atoms with van der Waals surface area (Å²) in [6.45, 7) is 1.29. The Morgan fingerprint density at radius 1 is 1.19 bits per heavy atom. The number of likely N-dealkylation sites (tertiary alicyclic amines) is 1. The average molecular weight is 513 g/mol. The number of carbonyl (C=O) groups excluding carboxylic acids is 1. The monoisotopic (exact) mass is 512 g/mol. The van der Waals surface area contributed by atoms with Crippen molar-refractivity contribution in [1.29, 1.82) is 0 Å². The van der Waals surface area contributed by atoms with Crippen LogP contribution in [0.1, 0.15) is 37.1 Å². The highest BCUT2D eigenvalue weighted by molar-refractivity contribution is 5.75. The molecule has 0 radical (unpaired) electrons. The number of nitrogens with zero attached hydrogens (tertiary/aromatic N) is 6. The van der Waals surface area contributed by atoms with Crippen molar-refractivity contribution < 1.29 is 27.5 Å². The second kappa shape index (κ2) is 10.9. The van der Waals surface area contributed by atoms with Crippen LogP contribution >= 0.6 is 0 Å². The zero-order valence-electron chi connectivity index (χ0n) is 19.5. The summed E-state index contributed by atoms with van der Waals surface area (Å²) in [7, 11) is 0. The molecule has 1 saturated carbocycles. The first-order valence-corrected chi connectivity index (χ1v) is 11.7. The quantitative estimate of drug-likeness (QED) is 0.428. The lowest BCUT2D eigenvalue weighted by atomic mass is 9.91. The number of aromatic nitrogens is 4. The van der Waals surface area contributed by atoms with E-state index in [1.807, 2.05) is 0 Å². The fourth-order valence-corrected chi connectivity index (χ4v) is 4.41. The number of nitrogens with one attached hydrogen (secondary N) is 1. The number of alkyl halides is 3. The maximum absolute atomic E-state index is 15.5. The van der Waals surface area contributed by atoms with Gasteiger partial charge < -0.3 is 21.1 Å². The number of aliphatic hydroxyl groups excluding tert-OH is 1. The number of carbonyl (C=O) groups is 1. The van der Waals surface area contributed by atoms with Crippen LogP contribution in [0.5, 0.6) is 0 Å². The molecule has 2 fully saturated rings. The second-order valence-electron chi connectivity index (χ2n) is 9.18. The van der Waals surface area contributed by atoms with Gasteiger partial charge in [0.15, 0.2) is 11.6 Å². The van der Waals surface area contributed by atoms with E-state index < -0.39 is 29.8 Å². The Labute approximate surface area is 204 Å². The van der Waals surface area contributed by atoms with Gasteiger partial charge in [-0.1, -0.05) is 0 Å². The molecule has 3 heterocycles. The molecule has 1 amide bonds. The summed E-state index contributed by atoms with van der Waals surface area (Å²) in [6, 6.07) is -0.0269. The van der Waals surface area contributed by atoms with Gasteiger partial charge in [-0.05, 0) is 32.2 Å². The van der Waals surface area contributed by atoms with Crippen molar-refractivity contribution in [2.75, 3.05) is 36.4 Å². The predicted octanol–water partition coefficient (Wildman–Crippen LogP) is 1.56. The van der Waals surface area contributed by atoms with Gasteiger partial charge in [-0.25, -0.2) is 19.9 Å². The molecular weight excluding hydrogens is 484 g/mol. The molecule has 0 bridgehead atoms. The highest BCUT2D eigenvalue weighted by atomic mass is 19.4. The minimum absolute atomic E-state index is 0.0269. The van der Waals surface area contributed by atoms with Gasteiger partial charge in [0, 0.05) is 49.6 Å². The summed E-state index contributed by atoms with van der Waals surface area (Å²) in [6.07, 6.45) is 1.17. The van der Waals surface area contributed by atoms with Crippen LogP contribution < -0.4 is 16.0 Å². The fourth-order valence-electron chi connectivity index (χ4n) is 4.41. The lowest BCUT2D eigenvalue weighted by Gasteiger charge is -2.38. The van der Waals surface area contributed by atoms with E-state index in [2.05, 4.69) is 25.3 Å². The number of halogens is 4. The molecule has 1 saturated heterocycles. The van der Waals surface area contributed by atoms with E-state index in [1.54, 1.807) is 9.80 Å². The number of amides is 1. The molecule has 2 aliphatic rings. The molecule has 2 aromatic rings. The largest absolute Gasteiger partial charge is 0.451 e. The summed E-state index contributed by atoms with van der Waals surface area (Å²) in [4.78, 5) is 29.5. The van der Waals surface area contributed by atoms with Crippen LogP contribution in [0, 0.1) is 11.7 Å². The van der Waals surface area contributed by atoms with Crippen LogP contribution in [0.3, 0.4) is 0 Å². The number of piperidine rings is 1. The molecule has 1 aliphatic carbocycles. The molecule has 4 rings (SSSR count). The van der Waals surface area contributed by atoms with Crippen molar-refractivity contribution in [3.05, 3.63) is 35.9 Å². The standard InChI is InChI=1S/C22H28F4N8O2/c23-18-19(28-8-14-4-5-33(10-16(14)35)11-17(27)36)31-12-32-20(18)34(15-2-1-3-15)9-13-6-29-21(30-7-13)22(24,25)26/h6-7,12,14-16,35H,1-5,8-11H2,(H2,27,36)(H,28,31,32)/t14-,16+/m1/s1. The Balaban J connectivity index is 1.45. The first kappa shape index (κ1) is 25.9. The van der Waals surface area contributed by atoms with Crippen LogP contribution in [-0.2, 0) is 17.5 Å². The van der Waals surface area contributed by atoms with E-state index >= 15 is 4.39 Å². The smallest absolute Gasteiger partial charge is 0.391 e. The zero-order chi connectivity index (χ0) is 25.9. The van der Waals surface area contributed by atoms with Crippen molar-refractivity contribution in [3.63, 3.8) is 0 Å². The van der Waals surface area contributed by atoms with E-state index in [-0.39, 0.29) is 49.8 Å². The topological polar surface area (TPSA) is 133 Å². The van der Waals surface area contributed by atoms with Gasteiger partial charge in [0.05, 0.1) is 12.6 Å². The van der Waals surface area contributed by atoms with Crippen LogP contribution in [0.15, 0.2) is 18.7 Å². The first-order valence-electron chi connectivity index (χ1n) is 11.7. The molecule has 0 spiro atoms. The summed E-state index contributed by atoms with van der Waals surface area (Å²) >= 11 is 0. The summed E-state index contributed by atoms with van der Waals surface area (Å²) in [5, 5.41) is 13.4. The molecule has 2 aromatic heterocycles. The van der Waals surface area contributed by atoms with Crippen LogP contribution in [-0.4, -0.2) is 74.2 Å². The minimum atomic E-state index is -4.64. The number of aliphatic hydroxyl groups is 1. The fraction of sp³-hybridized carbons (Fsp3) is 0.591. The Morgan fingerprint density at radius 3 is 2.50 bits per heavy atom. The van der Waals surface area contributed by atoms with Gasteiger partial charge in [-0.3, -0.25) is 9.69 Å². The van der Waals surface area contributed by atoms with Crippen molar-refractivity contribution in [2.24, 2.45) is 11.7 Å². The maximum atomic E-state index is 15.5. The molecule has 10 nitrogen and oxygen atoms in total. The number of nitrogens with two attached hydrogens (primary N) is 1. The normalized spacial score (nSPS) is 21.1. The van der Waals surface area contributed by atoms with Crippen molar-refractivity contribution in [2.45, 2.75) is 50.6 Å². The lowest BCUT2D eigenvalue weighted by Crippen LogP contribution is -2.48. The summed E-state index contributed by atoms with van der Waals surface area (Å²) < 4.78 is 53.9. The van der Waals surface area contributed by atoms with Crippen molar-refractivity contribution in [1.82, 2.24) is 24.8 Å². The highest BCUT2D eigenvalue weighted by Gasteiger charge is 2.35.